The second-order valence-electron chi connectivity index (χ2n) is 6.79. The second-order valence-corrected chi connectivity index (χ2v) is 6.79. The largest absolute Gasteiger partial charge is 0.352 e. The number of fused-ring (bicyclic) bond motifs is 1. The van der Waals surface area contributed by atoms with Crippen LogP contribution in [0.3, 0.4) is 0 Å². The van der Waals surface area contributed by atoms with Gasteiger partial charge in [-0.05, 0) is 23.8 Å². The highest BCUT2D eigenvalue weighted by Crippen LogP contribution is 2.37. The Hall–Kier alpha value is -3.53. The fourth-order valence-corrected chi connectivity index (χ4v) is 3.08. The van der Waals surface area contributed by atoms with Gasteiger partial charge in [0.05, 0.1) is 11.0 Å². The van der Waals surface area contributed by atoms with Crippen LogP contribution in [0.15, 0.2) is 59.2 Å². The predicted molar refractivity (Wildman–Crippen MR) is 106 cm³/mol. The van der Waals surface area contributed by atoms with Gasteiger partial charge < -0.3 is 5.32 Å². The van der Waals surface area contributed by atoms with Crippen molar-refractivity contribution < 1.29 is 4.79 Å². The highest BCUT2D eigenvalue weighted by atomic mass is 16.1. The number of nitrogens with zero attached hydrogens (tertiary/aromatic N) is 5. The fraction of sp³-hybridized carbons (Fsp3) is 0.286. The maximum Gasteiger partial charge on any atom is 0.220 e. The number of hydrogen-bond acceptors (Lipinski definition) is 5. The first-order valence-corrected chi connectivity index (χ1v) is 9.21. The van der Waals surface area contributed by atoms with E-state index >= 15 is 0 Å². The average molecular weight is 372 g/mol. The van der Waals surface area contributed by atoms with Crippen molar-refractivity contribution >= 4 is 16.9 Å². The van der Waals surface area contributed by atoms with Gasteiger partial charge >= 0.3 is 0 Å². The Kier molecular flexibility index (Phi) is 4.85. The first-order chi connectivity index (χ1) is 13.7. The number of hydrogen-bond donors (Lipinski definition) is 1. The van der Waals surface area contributed by atoms with Crippen molar-refractivity contribution in [2.24, 2.45) is 10.2 Å². The van der Waals surface area contributed by atoms with Crippen molar-refractivity contribution in [2.75, 3.05) is 0 Å². The summed E-state index contributed by atoms with van der Waals surface area (Å²) >= 11 is 0. The Labute approximate surface area is 162 Å². The fourth-order valence-electron chi connectivity index (χ4n) is 3.08. The molecule has 1 N–H and O–H groups in total. The summed E-state index contributed by atoms with van der Waals surface area (Å²) in [6.07, 6.45) is 11.1. The van der Waals surface area contributed by atoms with Crippen LogP contribution >= 0.6 is 0 Å². The number of para-hydroxylation sites is 2. The van der Waals surface area contributed by atoms with E-state index in [-0.39, 0.29) is 5.91 Å². The number of amides is 1. The average Bonchev–Trinajstić information content (AvgIpc) is 3.38. The van der Waals surface area contributed by atoms with Crippen LogP contribution in [0.1, 0.15) is 31.2 Å². The van der Waals surface area contributed by atoms with Gasteiger partial charge in [-0.15, -0.1) is 12.3 Å². The number of terminal acetylenes is 1. The van der Waals surface area contributed by atoms with Gasteiger partial charge in [-0.2, -0.15) is 10.2 Å². The molecule has 0 radical (unpaired) electrons. The minimum atomic E-state index is -0.416. The van der Waals surface area contributed by atoms with E-state index in [1.807, 2.05) is 41.0 Å². The van der Waals surface area contributed by atoms with Crippen LogP contribution in [0.4, 0.5) is 0 Å². The van der Waals surface area contributed by atoms with Crippen molar-refractivity contribution in [3.8, 4) is 18.2 Å². The van der Waals surface area contributed by atoms with Gasteiger partial charge in [0.1, 0.15) is 12.1 Å². The van der Waals surface area contributed by atoms with Crippen LogP contribution in [0.25, 0.3) is 16.9 Å². The number of rotatable bonds is 8. The number of carbonyl (C=O) groups is 1. The lowest BCUT2D eigenvalue weighted by atomic mass is 10.0. The van der Waals surface area contributed by atoms with Crippen molar-refractivity contribution in [1.29, 1.82) is 0 Å². The van der Waals surface area contributed by atoms with Crippen molar-refractivity contribution in [2.45, 2.75) is 37.9 Å². The second kappa shape index (κ2) is 7.61. The van der Waals surface area contributed by atoms with Gasteiger partial charge in [0.15, 0.2) is 5.66 Å². The molecule has 4 rings (SSSR count). The Balaban J connectivity index is 1.30. The Morgan fingerprint density at radius 2 is 2.00 bits per heavy atom. The molecule has 7 heteroatoms. The molecular formula is C21H20N6O. The summed E-state index contributed by atoms with van der Waals surface area (Å²) in [5.74, 6) is 3.35. The van der Waals surface area contributed by atoms with E-state index < -0.39 is 5.66 Å². The zero-order chi connectivity index (χ0) is 19.4. The lowest BCUT2D eigenvalue weighted by Crippen LogP contribution is -2.24. The summed E-state index contributed by atoms with van der Waals surface area (Å²) in [5.41, 5.74) is 2.45. The Morgan fingerprint density at radius 3 is 2.75 bits per heavy atom. The third-order valence-electron chi connectivity index (χ3n) is 4.80. The molecule has 28 heavy (non-hydrogen) atoms. The first-order valence-electron chi connectivity index (χ1n) is 9.21. The number of benzene rings is 1. The van der Waals surface area contributed by atoms with Crippen LogP contribution in [-0.4, -0.2) is 26.1 Å². The molecule has 1 aliphatic heterocycles. The molecule has 3 aromatic rings. The third kappa shape index (κ3) is 3.91. The lowest BCUT2D eigenvalue weighted by molar-refractivity contribution is -0.121. The maximum atomic E-state index is 12.1. The summed E-state index contributed by atoms with van der Waals surface area (Å²) < 4.78 is 1.94. The van der Waals surface area contributed by atoms with E-state index in [1.165, 1.54) is 0 Å². The molecule has 0 unspecified atom stereocenters. The van der Waals surface area contributed by atoms with E-state index in [4.69, 9.17) is 6.42 Å². The normalized spacial score (nSPS) is 14.0. The van der Waals surface area contributed by atoms with E-state index in [0.29, 0.717) is 32.2 Å². The van der Waals surface area contributed by atoms with Gasteiger partial charge in [0.2, 0.25) is 5.91 Å². The molecule has 0 saturated carbocycles. The van der Waals surface area contributed by atoms with Crippen LogP contribution in [0.5, 0.6) is 0 Å². The molecule has 0 fully saturated rings. The first kappa shape index (κ1) is 17.9. The molecule has 1 amide bonds. The molecule has 0 saturated heterocycles. The zero-order valence-corrected chi connectivity index (χ0v) is 15.4. The van der Waals surface area contributed by atoms with Crippen LogP contribution in [-0.2, 0) is 11.3 Å². The van der Waals surface area contributed by atoms with E-state index in [1.54, 1.807) is 12.5 Å². The lowest BCUT2D eigenvalue weighted by Gasteiger charge is -2.09. The number of pyridine rings is 1. The van der Waals surface area contributed by atoms with Crippen molar-refractivity contribution in [3.05, 3.63) is 54.5 Å². The van der Waals surface area contributed by atoms with Gasteiger partial charge in [-0.1, -0.05) is 18.2 Å². The quantitative estimate of drug-likeness (QED) is 0.615. The van der Waals surface area contributed by atoms with Crippen LogP contribution in [0, 0.1) is 12.3 Å². The summed E-state index contributed by atoms with van der Waals surface area (Å²) in [6, 6.07) is 11.8. The summed E-state index contributed by atoms with van der Waals surface area (Å²) in [5, 5.41) is 11.0. The molecule has 3 heterocycles. The van der Waals surface area contributed by atoms with Crippen molar-refractivity contribution in [1.82, 2.24) is 19.9 Å². The molecule has 2 aromatic heterocycles. The molecule has 7 nitrogen and oxygen atoms in total. The smallest absolute Gasteiger partial charge is 0.220 e. The molecule has 0 aliphatic carbocycles. The number of nitrogens with one attached hydrogen (secondary N) is 1. The molecule has 0 atom stereocenters. The molecule has 140 valence electrons. The SMILES string of the molecule is C#CCCC1(CCC(=O)NCc2ccc(-n3cnc4ccccc43)nc2)N=N1. The summed E-state index contributed by atoms with van der Waals surface area (Å²) in [6.45, 7) is 0.433. The maximum absolute atomic E-state index is 12.1. The monoisotopic (exact) mass is 372 g/mol. The number of imidazole rings is 1. The molecule has 1 aliphatic rings. The van der Waals surface area contributed by atoms with Crippen LogP contribution < -0.4 is 5.32 Å². The Morgan fingerprint density at radius 1 is 1.14 bits per heavy atom. The Bertz CT molecular complexity index is 1050. The van der Waals surface area contributed by atoms with E-state index in [2.05, 4.69) is 31.4 Å². The van der Waals surface area contributed by atoms with Crippen LogP contribution in [0.2, 0.25) is 0 Å². The highest BCUT2D eigenvalue weighted by Gasteiger charge is 2.39. The van der Waals surface area contributed by atoms with E-state index in [9.17, 15) is 4.79 Å². The molecule has 0 spiro atoms. The third-order valence-corrected chi connectivity index (χ3v) is 4.80. The minimum Gasteiger partial charge on any atom is -0.352 e. The highest BCUT2D eigenvalue weighted by molar-refractivity contribution is 5.77. The molecule has 1 aromatic carbocycles. The standard InChI is InChI=1S/C21H20N6O/c1-2-3-11-21(25-26-21)12-10-20(28)23-14-16-8-9-19(22-13-16)27-15-24-17-6-4-5-7-18(17)27/h1,4-9,13,15H,3,10-12,14H2,(H,23,28). The number of carbonyl (C=O) groups excluding carboxylic acids is 1. The van der Waals surface area contributed by atoms with Gasteiger partial charge in [0.25, 0.3) is 0 Å². The summed E-state index contributed by atoms with van der Waals surface area (Å²) in [7, 11) is 0. The molecule has 0 bridgehead atoms. The van der Waals surface area contributed by atoms with E-state index in [0.717, 1.165) is 22.4 Å². The summed E-state index contributed by atoms with van der Waals surface area (Å²) in [4.78, 5) is 21.0. The molecular weight excluding hydrogens is 352 g/mol. The van der Waals surface area contributed by atoms with Crippen molar-refractivity contribution in [3.63, 3.8) is 0 Å². The van der Waals surface area contributed by atoms with Gasteiger partial charge in [0, 0.05) is 38.4 Å². The number of aromatic nitrogens is 3. The van der Waals surface area contributed by atoms with Gasteiger partial charge in [-0.25, -0.2) is 9.97 Å². The predicted octanol–water partition coefficient (Wildman–Crippen LogP) is 3.39. The zero-order valence-electron chi connectivity index (χ0n) is 15.4. The van der Waals surface area contributed by atoms with Gasteiger partial charge in [-0.3, -0.25) is 9.36 Å². The topological polar surface area (TPSA) is 84.5 Å². The minimum absolute atomic E-state index is 0.0259.